The van der Waals surface area contributed by atoms with Crippen molar-refractivity contribution in [3.8, 4) is 0 Å². The number of rotatable bonds is 3. The largest absolute Gasteiger partial charge is 0.480 e. The highest BCUT2D eigenvalue weighted by Crippen LogP contribution is 2.35. The van der Waals surface area contributed by atoms with Crippen molar-refractivity contribution in [1.82, 2.24) is 4.90 Å². The second-order valence-corrected chi connectivity index (χ2v) is 6.44. The first kappa shape index (κ1) is 13.8. The van der Waals surface area contributed by atoms with Crippen LogP contribution in [0.3, 0.4) is 0 Å². The smallest absolute Gasteiger partial charge is 0.323 e. The standard InChI is InChI=1S/C14H26N2O2/c1-10-3-5-11(6-4-10)16(2)12-7-8-14(15,9-12)13(17)18/h10-12H,3-9,15H2,1-2H3,(H,17,18). The first-order valence-corrected chi connectivity index (χ1v) is 7.16. The number of hydrogen-bond donors (Lipinski definition) is 2. The summed E-state index contributed by atoms with van der Waals surface area (Å²) >= 11 is 0. The van der Waals surface area contributed by atoms with Crippen molar-refractivity contribution in [2.45, 2.75) is 69.5 Å². The molecule has 2 fully saturated rings. The van der Waals surface area contributed by atoms with Crippen LogP contribution in [-0.4, -0.2) is 40.6 Å². The third kappa shape index (κ3) is 2.69. The van der Waals surface area contributed by atoms with Gasteiger partial charge in [-0.2, -0.15) is 0 Å². The van der Waals surface area contributed by atoms with Gasteiger partial charge in [-0.3, -0.25) is 4.79 Å². The van der Waals surface area contributed by atoms with Crippen molar-refractivity contribution >= 4 is 5.97 Å². The Kier molecular flexibility index (Phi) is 3.97. The lowest BCUT2D eigenvalue weighted by atomic mass is 9.86. The lowest BCUT2D eigenvalue weighted by Gasteiger charge is -2.37. The summed E-state index contributed by atoms with van der Waals surface area (Å²) in [5.41, 5.74) is 4.97. The SMILES string of the molecule is CC1CCC(N(C)C2CCC(N)(C(=O)O)C2)CC1. The molecule has 0 heterocycles. The zero-order valence-electron chi connectivity index (χ0n) is 11.6. The molecule has 2 saturated carbocycles. The Labute approximate surface area is 110 Å². The molecule has 0 radical (unpaired) electrons. The van der Waals surface area contributed by atoms with E-state index in [1.54, 1.807) is 0 Å². The summed E-state index contributed by atoms with van der Waals surface area (Å²) in [4.78, 5) is 13.6. The van der Waals surface area contributed by atoms with E-state index in [9.17, 15) is 9.90 Å². The van der Waals surface area contributed by atoms with Gasteiger partial charge in [-0.15, -0.1) is 0 Å². The van der Waals surface area contributed by atoms with Gasteiger partial charge in [0.25, 0.3) is 0 Å². The molecule has 2 unspecified atom stereocenters. The molecule has 2 rings (SSSR count). The molecule has 0 saturated heterocycles. The van der Waals surface area contributed by atoms with Crippen LogP contribution in [0.4, 0.5) is 0 Å². The molecule has 2 atom stereocenters. The fraction of sp³-hybridized carbons (Fsp3) is 0.929. The van der Waals surface area contributed by atoms with E-state index in [1.165, 1.54) is 25.7 Å². The quantitative estimate of drug-likeness (QED) is 0.806. The summed E-state index contributed by atoms with van der Waals surface area (Å²) in [6.45, 7) is 2.32. The zero-order valence-corrected chi connectivity index (χ0v) is 11.6. The topological polar surface area (TPSA) is 66.6 Å². The van der Waals surface area contributed by atoms with E-state index in [-0.39, 0.29) is 0 Å². The first-order chi connectivity index (χ1) is 8.42. The van der Waals surface area contributed by atoms with Gasteiger partial charge in [0.15, 0.2) is 0 Å². The summed E-state index contributed by atoms with van der Waals surface area (Å²) in [6.07, 6.45) is 7.23. The number of hydrogen-bond acceptors (Lipinski definition) is 3. The molecule has 3 N–H and O–H groups in total. The fourth-order valence-corrected chi connectivity index (χ4v) is 3.54. The molecule has 0 amide bonds. The van der Waals surface area contributed by atoms with Gasteiger partial charge in [0.1, 0.15) is 5.54 Å². The molecular weight excluding hydrogens is 228 g/mol. The molecule has 0 aromatic carbocycles. The van der Waals surface area contributed by atoms with Crippen molar-refractivity contribution in [3.05, 3.63) is 0 Å². The number of nitrogens with two attached hydrogens (primary N) is 1. The summed E-state index contributed by atoms with van der Waals surface area (Å²) in [7, 11) is 2.15. The average Bonchev–Trinajstić information content (AvgIpc) is 2.73. The van der Waals surface area contributed by atoms with Gasteiger partial charge >= 0.3 is 5.97 Å². The molecule has 2 aliphatic rings. The lowest BCUT2D eigenvalue weighted by Crippen LogP contribution is -2.48. The minimum Gasteiger partial charge on any atom is -0.480 e. The van der Waals surface area contributed by atoms with Gasteiger partial charge in [0, 0.05) is 12.1 Å². The zero-order chi connectivity index (χ0) is 13.3. The van der Waals surface area contributed by atoms with Gasteiger partial charge in [0.05, 0.1) is 0 Å². The fourth-order valence-electron chi connectivity index (χ4n) is 3.54. The normalized spacial score (nSPS) is 41.2. The molecule has 0 bridgehead atoms. The van der Waals surface area contributed by atoms with E-state index in [0.717, 1.165) is 12.3 Å². The summed E-state index contributed by atoms with van der Waals surface area (Å²) < 4.78 is 0. The van der Waals surface area contributed by atoms with Crippen LogP contribution >= 0.6 is 0 Å². The molecule has 18 heavy (non-hydrogen) atoms. The molecular formula is C14H26N2O2. The number of aliphatic carboxylic acids is 1. The van der Waals surface area contributed by atoms with Crippen LogP contribution < -0.4 is 5.73 Å². The maximum atomic E-state index is 11.2. The van der Waals surface area contributed by atoms with Crippen LogP contribution in [0.2, 0.25) is 0 Å². The Morgan fingerprint density at radius 1 is 1.22 bits per heavy atom. The highest BCUT2D eigenvalue weighted by Gasteiger charge is 2.44. The molecule has 2 aliphatic carbocycles. The van der Waals surface area contributed by atoms with Crippen molar-refractivity contribution in [1.29, 1.82) is 0 Å². The Morgan fingerprint density at radius 2 is 1.83 bits per heavy atom. The Balaban J connectivity index is 1.91. The van der Waals surface area contributed by atoms with Crippen molar-refractivity contribution in [2.75, 3.05) is 7.05 Å². The number of carboxylic acids is 1. The van der Waals surface area contributed by atoms with Crippen LogP contribution in [-0.2, 0) is 4.79 Å². The second kappa shape index (κ2) is 5.17. The van der Waals surface area contributed by atoms with E-state index >= 15 is 0 Å². The predicted octanol–water partition coefficient (Wildman–Crippen LogP) is 1.83. The second-order valence-electron chi connectivity index (χ2n) is 6.44. The van der Waals surface area contributed by atoms with Gasteiger partial charge in [-0.25, -0.2) is 0 Å². The monoisotopic (exact) mass is 254 g/mol. The van der Waals surface area contributed by atoms with E-state index in [1.807, 2.05) is 0 Å². The number of nitrogens with zero attached hydrogens (tertiary/aromatic N) is 1. The van der Waals surface area contributed by atoms with Gasteiger partial charge in [0.2, 0.25) is 0 Å². The molecule has 0 aromatic heterocycles. The predicted molar refractivity (Wildman–Crippen MR) is 71.4 cm³/mol. The third-order valence-electron chi connectivity index (χ3n) is 5.09. The van der Waals surface area contributed by atoms with Gasteiger partial charge < -0.3 is 15.7 Å². The first-order valence-electron chi connectivity index (χ1n) is 7.16. The van der Waals surface area contributed by atoms with E-state index in [4.69, 9.17) is 5.73 Å². The molecule has 0 aromatic rings. The summed E-state index contributed by atoms with van der Waals surface area (Å²) in [5.74, 6) is 0.0153. The van der Waals surface area contributed by atoms with Gasteiger partial charge in [-0.05, 0) is 57.9 Å². The number of carbonyl (C=O) groups is 1. The van der Waals surface area contributed by atoms with Crippen LogP contribution in [0.25, 0.3) is 0 Å². The molecule has 4 nitrogen and oxygen atoms in total. The van der Waals surface area contributed by atoms with Crippen molar-refractivity contribution in [3.63, 3.8) is 0 Å². The molecule has 104 valence electrons. The Bertz CT molecular complexity index is 313. The summed E-state index contributed by atoms with van der Waals surface area (Å²) in [5, 5.41) is 9.17. The van der Waals surface area contributed by atoms with Crippen LogP contribution in [0.5, 0.6) is 0 Å². The molecule has 0 spiro atoms. The third-order valence-corrected chi connectivity index (χ3v) is 5.09. The minimum absolute atomic E-state index is 0.351. The maximum absolute atomic E-state index is 11.2. The average molecular weight is 254 g/mol. The minimum atomic E-state index is -0.985. The Morgan fingerprint density at radius 3 is 2.33 bits per heavy atom. The maximum Gasteiger partial charge on any atom is 0.323 e. The van der Waals surface area contributed by atoms with Crippen LogP contribution in [0.1, 0.15) is 51.9 Å². The Hall–Kier alpha value is -0.610. The summed E-state index contributed by atoms with van der Waals surface area (Å²) in [6, 6.07) is 0.979. The van der Waals surface area contributed by atoms with Crippen molar-refractivity contribution < 1.29 is 9.90 Å². The highest BCUT2D eigenvalue weighted by molar-refractivity contribution is 5.79. The molecule has 0 aliphatic heterocycles. The van der Waals surface area contributed by atoms with Gasteiger partial charge in [-0.1, -0.05) is 6.92 Å². The van der Waals surface area contributed by atoms with Crippen LogP contribution in [0, 0.1) is 5.92 Å². The van der Waals surface area contributed by atoms with E-state index < -0.39 is 11.5 Å². The lowest BCUT2D eigenvalue weighted by molar-refractivity contribution is -0.143. The van der Waals surface area contributed by atoms with E-state index in [0.29, 0.717) is 24.9 Å². The molecule has 4 heteroatoms. The van der Waals surface area contributed by atoms with Crippen molar-refractivity contribution in [2.24, 2.45) is 11.7 Å². The number of carboxylic acid groups (broad SMARTS) is 1. The van der Waals surface area contributed by atoms with Crippen LogP contribution in [0.15, 0.2) is 0 Å². The van der Waals surface area contributed by atoms with E-state index in [2.05, 4.69) is 18.9 Å². The highest BCUT2D eigenvalue weighted by atomic mass is 16.4.